The van der Waals surface area contributed by atoms with Gasteiger partial charge in [0.2, 0.25) is 0 Å². The molecule has 3 aromatic rings. The predicted molar refractivity (Wildman–Crippen MR) is 96.7 cm³/mol. The van der Waals surface area contributed by atoms with E-state index in [0.717, 1.165) is 10.7 Å². The molecule has 25 heavy (non-hydrogen) atoms. The Morgan fingerprint density at radius 2 is 2.08 bits per heavy atom. The topological polar surface area (TPSA) is 75.0 Å². The summed E-state index contributed by atoms with van der Waals surface area (Å²) in [5.74, 6) is 0.373. The van der Waals surface area contributed by atoms with Gasteiger partial charge in [-0.05, 0) is 49.4 Å². The fraction of sp³-hybridized carbons (Fsp3) is 0.105. The Hall–Kier alpha value is -3.17. The maximum absolute atomic E-state index is 12.4. The normalized spacial score (nSPS) is 10.1. The first-order valence-electron chi connectivity index (χ1n) is 7.59. The Labute approximate surface area is 149 Å². The van der Waals surface area contributed by atoms with E-state index in [1.54, 1.807) is 59.9 Å². The maximum atomic E-state index is 12.4. The van der Waals surface area contributed by atoms with Crippen molar-refractivity contribution in [3.63, 3.8) is 0 Å². The van der Waals surface area contributed by atoms with Gasteiger partial charge in [0.15, 0.2) is 0 Å². The number of ether oxygens (including phenoxy) is 1. The van der Waals surface area contributed by atoms with E-state index in [9.17, 15) is 4.79 Å². The molecule has 0 bridgehead atoms. The van der Waals surface area contributed by atoms with E-state index in [1.807, 2.05) is 18.4 Å². The first kappa shape index (κ1) is 16.7. The molecular weight excluding hydrogens is 334 g/mol. The van der Waals surface area contributed by atoms with Gasteiger partial charge in [0.05, 0.1) is 22.3 Å². The zero-order valence-corrected chi connectivity index (χ0v) is 14.3. The van der Waals surface area contributed by atoms with Crippen LogP contribution in [0.4, 0.5) is 5.69 Å². The van der Waals surface area contributed by atoms with Crippen molar-refractivity contribution in [1.82, 2.24) is 4.98 Å². The van der Waals surface area contributed by atoms with Crippen LogP contribution in [0.5, 0.6) is 5.75 Å². The number of anilines is 1. The highest BCUT2D eigenvalue weighted by Crippen LogP contribution is 2.18. The maximum Gasteiger partial charge on any atom is 0.255 e. The van der Waals surface area contributed by atoms with Crippen LogP contribution in [0.15, 0.2) is 53.9 Å². The largest absolute Gasteiger partial charge is 0.487 e. The summed E-state index contributed by atoms with van der Waals surface area (Å²) in [6, 6.07) is 15.7. The molecule has 0 saturated carbocycles. The molecule has 124 valence electrons. The zero-order chi connectivity index (χ0) is 17.6. The minimum absolute atomic E-state index is 0.236. The third-order valence-corrected chi connectivity index (χ3v) is 4.24. The standard InChI is InChI=1S/C19H15N3O2S/c1-13-21-17(12-25-13)11-24-18-4-2-3-15(9-18)19(23)22-16-7-5-14(10-20)6-8-16/h2-9,12H,11H2,1H3,(H,22,23). The highest BCUT2D eigenvalue weighted by atomic mass is 32.1. The van der Waals surface area contributed by atoms with Gasteiger partial charge >= 0.3 is 0 Å². The number of amides is 1. The monoisotopic (exact) mass is 349 g/mol. The summed E-state index contributed by atoms with van der Waals surface area (Å²) in [7, 11) is 0. The van der Waals surface area contributed by atoms with Crippen LogP contribution in [0.2, 0.25) is 0 Å². The number of carbonyl (C=O) groups excluding carboxylic acids is 1. The molecule has 0 aliphatic rings. The lowest BCUT2D eigenvalue weighted by Gasteiger charge is -2.08. The molecule has 0 aliphatic heterocycles. The molecule has 6 heteroatoms. The van der Waals surface area contributed by atoms with Crippen LogP contribution in [0.25, 0.3) is 0 Å². The van der Waals surface area contributed by atoms with E-state index in [0.29, 0.717) is 29.2 Å². The van der Waals surface area contributed by atoms with Crippen molar-refractivity contribution < 1.29 is 9.53 Å². The van der Waals surface area contributed by atoms with Crippen LogP contribution in [0, 0.1) is 18.3 Å². The third kappa shape index (κ3) is 4.43. The molecule has 0 unspecified atom stereocenters. The second-order valence-electron chi connectivity index (χ2n) is 5.32. The molecule has 0 spiro atoms. The van der Waals surface area contributed by atoms with E-state index >= 15 is 0 Å². The van der Waals surface area contributed by atoms with Crippen molar-refractivity contribution in [3.05, 3.63) is 75.7 Å². The number of aryl methyl sites for hydroxylation is 1. The molecule has 3 rings (SSSR count). The van der Waals surface area contributed by atoms with Gasteiger partial charge in [0, 0.05) is 16.6 Å². The average Bonchev–Trinajstić information content (AvgIpc) is 3.06. The lowest BCUT2D eigenvalue weighted by Crippen LogP contribution is -2.12. The van der Waals surface area contributed by atoms with E-state index in [-0.39, 0.29) is 5.91 Å². The molecule has 1 heterocycles. The Bertz CT molecular complexity index is 926. The summed E-state index contributed by atoms with van der Waals surface area (Å²) in [5.41, 5.74) is 2.55. The Balaban J connectivity index is 1.65. The van der Waals surface area contributed by atoms with Crippen LogP contribution >= 0.6 is 11.3 Å². The Morgan fingerprint density at radius 3 is 2.76 bits per heavy atom. The van der Waals surface area contributed by atoms with E-state index in [1.165, 1.54) is 0 Å². The molecule has 1 amide bonds. The summed E-state index contributed by atoms with van der Waals surface area (Å²) < 4.78 is 5.70. The van der Waals surface area contributed by atoms with Gasteiger partial charge in [0.25, 0.3) is 5.91 Å². The molecule has 0 fully saturated rings. The van der Waals surface area contributed by atoms with E-state index in [4.69, 9.17) is 10.00 Å². The van der Waals surface area contributed by atoms with Crippen LogP contribution < -0.4 is 10.1 Å². The quantitative estimate of drug-likeness (QED) is 0.751. The number of benzene rings is 2. The average molecular weight is 349 g/mol. The minimum atomic E-state index is -0.236. The van der Waals surface area contributed by atoms with Gasteiger partial charge in [-0.3, -0.25) is 4.79 Å². The second-order valence-corrected chi connectivity index (χ2v) is 6.38. The number of carbonyl (C=O) groups is 1. The zero-order valence-electron chi connectivity index (χ0n) is 13.5. The van der Waals surface area contributed by atoms with Crippen molar-refractivity contribution in [2.75, 3.05) is 5.32 Å². The summed E-state index contributed by atoms with van der Waals surface area (Å²) in [6.07, 6.45) is 0. The second kappa shape index (κ2) is 7.60. The molecule has 0 radical (unpaired) electrons. The summed E-state index contributed by atoms with van der Waals surface area (Å²) in [6.45, 7) is 2.31. The number of nitriles is 1. The molecule has 1 aromatic heterocycles. The van der Waals surface area contributed by atoms with Gasteiger partial charge in [-0.1, -0.05) is 6.07 Å². The van der Waals surface area contributed by atoms with Gasteiger partial charge in [-0.15, -0.1) is 11.3 Å². The fourth-order valence-electron chi connectivity index (χ4n) is 2.19. The van der Waals surface area contributed by atoms with Crippen molar-refractivity contribution in [3.8, 4) is 11.8 Å². The minimum Gasteiger partial charge on any atom is -0.487 e. The molecular formula is C19H15N3O2S. The van der Waals surface area contributed by atoms with Crippen LogP contribution in [-0.2, 0) is 6.61 Å². The number of hydrogen-bond acceptors (Lipinski definition) is 5. The van der Waals surface area contributed by atoms with Gasteiger partial charge in [-0.2, -0.15) is 5.26 Å². The van der Waals surface area contributed by atoms with E-state index < -0.39 is 0 Å². The molecule has 0 aliphatic carbocycles. The van der Waals surface area contributed by atoms with Crippen LogP contribution in [-0.4, -0.2) is 10.9 Å². The highest BCUT2D eigenvalue weighted by Gasteiger charge is 2.08. The summed E-state index contributed by atoms with van der Waals surface area (Å²) in [5, 5.41) is 14.5. The van der Waals surface area contributed by atoms with Gasteiger partial charge < -0.3 is 10.1 Å². The lowest BCUT2D eigenvalue weighted by molar-refractivity contribution is 0.102. The molecule has 2 aromatic carbocycles. The number of nitrogens with zero attached hydrogens (tertiary/aromatic N) is 2. The first-order chi connectivity index (χ1) is 12.1. The fourth-order valence-corrected chi connectivity index (χ4v) is 2.79. The van der Waals surface area contributed by atoms with Crippen molar-refractivity contribution in [1.29, 1.82) is 5.26 Å². The smallest absolute Gasteiger partial charge is 0.255 e. The Morgan fingerprint density at radius 1 is 1.28 bits per heavy atom. The number of hydrogen-bond donors (Lipinski definition) is 1. The van der Waals surface area contributed by atoms with Crippen molar-refractivity contribution in [2.24, 2.45) is 0 Å². The highest BCUT2D eigenvalue weighted by molar-refractivity contribution is 7.09. The van der Waals surface area contributed by atoms with Gasteiger partial charge in [0.1, 0.15) is 12.4 Å². The van der Waals surface area contributed by atoms with Crippen molar-refractivity contribution >= 4 is 22.9 Å². The number of rotatable bonds is 5. The Kier molecular flexibility index (Phi) is 5.07. The van der Waals surface area contributed by atoms with Crippen LogP contribution in [0.3, 0.4) is 0 Å². The molecule has 0 saturated heterocycles. The third-order valence-electron chi connectivity index (χ3n) is 3.42. The molecule has 0 atom stereocenters. The number of nitrogens with one attached hydrogen (secondary N) is 1. The van der Waals surface area contributed by atoms with Crippen molar-refractivity contribution in [2.45, 2.75) is 13.5 Å². The van der Waals surface area contributed by atoms with Gasteiger partial charge in [-0.25, -0.2) is 4.98 Å². The predicted octanol–water partition coefficient (Wildman–Crippen LogP) is 4.15. The van der Waals surface area contributed by atoms with Crippen LogP contribution in [0.1, 0.15) is 26.6 Å². The summed E-state index contributed by atoms with van der Waals surface area (Å²) >= 11 is 1.58. The lowest BCUT2D eigenvalue weighted by atomic mass is 10.2. The van der Waals surface area contributed by atoms with E-state index in [2.05, 4.69) is 10.3 Å². The SMILES string of the molecule is Cc1nc(COc2cccc(C(=O)Nc3ccc(C#N)cc3)c2)cs1. The summed E-state index contributed by atoms with van der Waals surface area (Å²) in [4.78, 5) is 16.7. The molecule has 1 N–H and O–H groups in total. The number of thiazole rings is 1. The molecule has 5 nitrogen and oxygen atoms in total. The first-order valence-corrected chi connectivity index (χ1v) is 8.47. The number of aromatic nitrogens is 1.